The molecule has 0 radical (unpaired) electrons. The van der Waals surface area contributed by atoms with Crippen LogP contribution in [0.25, 0.3) is 0 Å². The molecule has 128 valence electrons. The standard InChI is InChI=1S/C21H28O2Si/c1-17(2)20(16-22)23-24(21(3,4)5,18-12-8-6-9-13-18)19-14-10-7-11-15-19/h6-17,20H,1-5H3/t20-/m0/s1. The Labute approximate surface area is 147 Å². The van der Waals surface area contributed by atoms with Crippen molar-refractivity contribution in [1.82, 2.24) is 0 Å². The fourth-order valence-corrected chi connectivity index (χ4v) is 7.97. The Morgan fingerprint density at radius 2 is 1.29 bits per heavy atom. The van der Waals surface area contributed by atoms with Gasteiger partial charge in [0.15, 0.2) is 0 Å². The highest BCUT2D eigenvalue weighted by molar-refractivity contribution is 6.99. The van der Waals surface area contributed by atoms with Gasteiger partial charge >= 0.3 is 0 Å². The van der Waals surface area contributed by atoms with E-state index in [1.165, 1.54) is 10.4 Å². The lowest BCUT2D eigenvalue weighted by atomic mass is 10.1. The van der Waals surface area contributed by atoms with Gasteiger partial charge in [0, 0.05) is 0 Å². The molecule has 0 aliphatic rings. The minimum absolute atomic E-state index is 0.105. The summed E-state index contributed by atoms with van der Waals surface area (Å²) in [7, 11) is -2.63. The van der Waals surface area contributed by atoms with Crippen molar-refractivity contribution in [3.8, 4) is 0 Å². The van der Waals surface area contributed by atoms with Crippen LogP contribution in [0.3, 0.4) is 0 Å². The summed E-state index contributed by atoms with van der Waals surface area (Å²) in [6, 6.07) is 20.9. The highest BCUT2D eigenvalue weighted by Crippen LogP contribution is 2.37. The van der Waals surface area contributed by atoms with Crippen LogP contribution in [0, 0.1) is 5.92 Å². The van der Waals surface area contributed by atoms with E-state index in [0.717, 1.165) is 6.29 Å². The second-order valence-corrected chi connectivity index (χ2v) is 11.9. The first-order valence-electron chi connectivity index (χ1n) is 8.57. The van der Waals surface area contributed by atoms with E-state index in [0.29, 0.717) is 0 Å². The van der Waals surface area contributed by atoms with Gasteiger partial charge in [0.25, 0.3) is 8.32 Å². The molecule has 2 aromatic carbocycles. The predicted molar refractivity (Wildman–Crippen MR) is 103 cm³/mol. The predicted octanol–water partition coefficient (Wildman–Crippen LogP) is 3.79. The van der Waals surface area contributed by atoms with Gasteiger partial charge in [0.2, 0.25) is 0 Å². The van der Waals surface area contributed by atoms with E-state index in [4.69, 9.17) is 4.43 Å². The third-order valence-corrected chi connectivity index (χ3v) is 9.55. The van der Waals surface area contributed by atoms with Crippen LogP contribution in [0.1, 0.15) is 34.6 Å². The van der Waals surface area contributed by atoms with Gasteiger partial charge in [-0.15, -0.1) is 0 Å². The summed E-state index contributed by atoms with van der Waals surface area (Å²) in [4.78, 5) is 11.7. The second-order valence-electron chi connectivity index (χ2n) is 7.63. The number of carbonyl (C=O) groups excluding carboxylic acids is 1. The van der Waals surface area contributed by atoms with Crippen LogP contribution < -0.4 is 10.4 Å². The topological polar surface area (TPSA) is 26.3 Å². The summed E-state index contributed by atoms with van der Waals surface area (Å²) in [5.41, 5.74) is 0. The molecule has 0 bridgehead atoms. The Balaban J connectivity index is 2.73. The van der Waals surface area contributed by atoms with E-state index in [2.05, 4.69) is 69.3 Å². The Kier molecular flexibility index (Phi) is 5.78. The normalized spacial score (nSPS) is 13.8. The number of carbonyl (C=O) groups is 1. The zero-order valence-electron chi connectivity index (χ0n) is 15.3. The third kappa shape index (κ3) is 3.52. The van der Waals surface area contributed by atoms with Crippen LogP contribution >= 0.6 is 0 Å². The lowest BCUT2D eigenvalue weighted by Gasteiger charge is -2.45. The highest BCUT2D eigenvalue weighted by Gasteiger charge is 2.51. The molecule has 0 saturated heterocycles. The van der Waals surface area contributed by atoms with Gasteiger partial charge in [-0.25, -0.2) is 0 Å². The van der Waals surface area contributed by atoms with Crippen LogP contribution in [0.2, 0.25) is 5.04 Å². The molecule has 0 saturated carbocycles. The summed E-state index contributed by atoms with van der Waals surface area (Å²) in [6.07, 6.45) is 0.556. The average molecular weight is 341 g/mol. The zero-order valence-corrected chi connectivity index (χ0v) is 16.3. The molecule has 0 heterocycles. The number of aldehydes is 1. The Bertz CT molecular complexity index is 605. The van der Waals surface area contributed by atoms with E-state index in [-0.39, 0.29) is 11.0 Å². The fraction of sp³-hybridized carbons (Fsp3) is 0.381. The first-order valence-corrected chi connectivity index (χ1v) is 10.5. The zero-order chi connectivity index (χ0) is 17.8. The fourth-order valence-electron chi connectivity index (χ4n) is 3.22. The molecule has 0 aliphatic heterocycles. The van der Waals surface area contributed by atoms with Gasteiger partial charge in [-0.1, -0.05) is 95.3 Å². The summed E-state index contributed by atoms with van der Waals surface area (Å²) in [6.45, 7) is 10.7. The van der Waals surface area contributed by atoms with E-state index in [1.807, 2.05) is 26.0 Å². The van der Waals surface area contributed by atoms with Crippen LogP contribution in [0.4, 0.5) is 0 Å². The smallest absolute Gasteiger partial charge is 0.262 e. The Morgan fingerprint density at radius 1 is 0.875 bits per heavy atom. The number of benzene rings is 2. The van der Waals surface area contributed by atoms with Crippen LogP contribution in [-0.4, -0.2) is 20.7 Å². The summed E-state index contributed by atoms with van der Waals surface area (Å²) in [5.74, 6) is 0.143. The second kappa shape index (κ2) is 7.45. The van der Waals surface area contributed by atoms with Crippen molar-refractivity contribution in [2.75, 3.05) is 0 Å². The van der Waals surface area contributed by atoms with Crippen molar-refractivity contribution in [3.63, 3.8) is 0 Å². The molecule has 3 heteroatoms. The number of hydrogen-bond donors (Lipinski definition) is 0. The molecule has 0 amide bonds. The molecule has 0 aromatic heterocycles. The van der Waals surface area contributed by atoms with Gasteiger partial charge in [0.05, 0.1) is 0 Å². The summed E-state index contributed by atoms with van der Waals surface area (Å²) in [5, 5.41) is 2.30. The number of hydrogen-bond acceptors (Lipinski definition) is 2. The van der Waals surface area contributed by atoms with Gasteiger partial charge in [0.1, 0.15) is 12.4 Å². The quantitative estimate of drug-likeness (QED) is 0.591. The van der Waals surface area contributed by atoms with Crippen molar-refractivity contribution in [1.29, 1.82) is 0 Å². The lowest BCUT2D eigenvalue weighted by Crippen LogP contribution is -2.68. The van der Waals surface area contributed by atoms with Crippen LogP contribution in [0.5, 0.6) is 0 Å². The summed E-state index contributed by atoms with van der Waals surface area (Å²) < 4.78 is 6.76. The van der Waals surface area contributed by atoms with Crippen LogP contribution in [-0.2, 0) is 9.22 Å². The Hall–Kier alpha value is -1.71. The average Bonchev–Trinajstić information content (AvgIpc) is 2.56. The van der Waals surface area contributed by atoms with Gasteiger partial charge in [-0.2, -0.15) is 0 Å². The SMILES string of the molecule is CC(C)[C@H](C=O)O[Si](c1ccccc1)(c1ccccc1)C(C)(C)C. The van der Waals surface area contributed by atoms with Gasteiger partial charge in [-0.05, 0) is 21.3 Å². The molecule has 0 N–H and O–H groups in total. The van der Waals surface area contributed by atoms with Crippen molar-refractivity contribution in [2.24, 2.45) is 5.92 Å². The molecule has 24 heavy (non-hydrogen) atoms. The number of rotatable bonds is 6. The molecule has 0 spiro atoms. The largest absolute Gasteiger partial charge is 0.397 e. The maximum atomic E-state index is 11.7. The lowest BCUT2D eigenvalue weighted by molar-refractivity contribution is -0.115. The molecule has 0 unspecified atom stereocenters. The van der Waals surface area contributed by atoms with Crippen molar-refractivity contribution in [2.45, 2.75) is 45.8 Å². The van der Waals surface area contributed by atoms with Crippen molar-refractivity contribution < 1.29 is 9.22 Å². The molecule has 0 fully saturated rings. The minimum atomic E-state index is -2.63. The maximum Gasteiger partial charge on any atom is 0.262 e. The monoisotopic (exact) mass is 340 g/mol. The first-order chi connectivity index (χ1) is 11.3. The third-order valence-electron chi connectivity index (χ3n) is 4.52. The molecule has 1 atom stereocenters. The first kappa shape index (κ1) is 18.6. The van der Waals surface area contributed by atoms with E-state index in [9.17, 15) is 4.79 Å². The molecular weight excluding hydrogens is 312 g/mol. The molecular formula is C21H28O2Si. The highest BCUT2D eigenvalue weighted by atomic mass is 28.4. The Morgan fingerprint density at radius 3 is 1.58 bits per heavy atom. The molecule has 2 rings (SSSR count). The van der Waals surface area contributed by atoms with E-state index >= 15 is 0 Å². The van der Waals surface area contributed by atoms with Gasteiger partial charge in [-0.3, -0.25) is 0 Å². The van der Waals surface area contributed by atoms with E-state index < -0.39 is 14.4 Å². The summed E-state index contributed by atoms with van der Waals surface area (Å²) >= 11 is 0. The minimum Gasteiger partial charge on any atom is -0.397 e. The molecule has 0 aliphatic carbocycles. The van der Waals surface area contributed by atoms with Crippen LogP contribution in [0.15, 0.2) is 60.7 Å². The van der Waals surface area contributed by atoms with Crippen molar-refractivity contribution in [3.05, 3.63) is 60.7 Å². The van der Waals surface area contributed by atoms with Crippen molar-refractivity contribution >= 4 is 25.0 Å². The molecule has 2 aromatic rings. The van der Waals surface area contributed by atoms with E-state index in [1.54, 1.807) is 0 Å². The maximum absolute atomic E-state index is 11.7. The van der Waals surface area contributed by atoms with Gasteiger partial charge < -0.3 is 9.22 Å². The molecule has 2 nitrogen and oxygen atoms in total.